The first kappa shape index (κ1) is 17.4. The van der Waals surface area contributed by atoms with Crippen LogP contribution in [0.3, 0.4) is 0 Å². The Morgan fingerprint density at radius 3 is 2.63 bits per heavy atom. The first-order valence-electron chi connectivity index (χ1n) is 8.71. The number of hydrogen-bond acceptors (Lipinski definition) is 6. The fourth-order valence-corrected chi connectivity index (χ4v) is 3.41. The zero-order valence-corrected chi connectivity index (χ0v) is 15.2. The Labute approximate surface area is 161 Å². The van der Waals surface area contributed by atoms with Gasteiger partial charge in [0.25, 0.3) is 5.91 Å². The molecule has 1 aliphatic rings. The summed E-state index contributed by atoms with van der Waals surface area (Å²) in [7, 11) is 0. The highest BCUT2D eigenvalue weighted by Gasteiger charge is 2.29. The zero-order valence-electron chi connectivity index (χ0n) is 14.4. The van der Waals surface area contributed by atoms with Crippen molar-refractivity contribution in [1.82, 2.24) is 30.3 Å². The molecule has 0 saturated heterocycles. The van der Waals surface area contributed by atoms with E-state index in [0.717, 1.165) is 19.3 Å². The maximum absolute atomic E-state index is 12.9. The van der Waals surface area contributed by atoms with Crippen molar-refractivity contribution >= 4 is 23.3 Å². The minimum Gasteiger partial charge on any atom is -0.364 e. The number of hydrogen-bond donors (Lipinski definition) is 2. The minimum absolute atomic E-state index is 0.00591. The largest absolute Gasteiger partial charge is 0.364 e. The van der Waals surface area contributed by atoms with Crippen molar-refractivity contribution < 1.29 is 4.79 Å². The first-order chi connectivity index (χ1) is 13.2. The van der Waals surface area contributed by atoms with Crippen molar-refractivity contribution in [3.63, 3.8) is 0 Å². The second-order valence-electron chi connectivity index (χ2n) is 6.32. The van der Waals surface area contributed by atoms with E-state index in [1.54, 1.807) is 24.7 Å². The predicted octanol–water partition coefficient (Wildman–Crippen LogP) is 2.47. The van der Waals surface area contributed by atoms with Gasteiger partial charge in [-0.05, 0) is 31.4 Å². The average Bonchev–Trinajstić information content (AvgIpc) is 3.36. The van der Waals surface area contributed by atoms with Crippen LogP contribution in [0.15, 0.2) is 49.1 Å². The van der Waals surface area contributed by atoms with Crippen molar-refractivity contribution in [3.05, 3.63) is 59.8 Å². The number of halogens is 1. The summed E-state index contributed by atoms with van der Waals surface area (Å²) in [6, 6.07) is 7.36. The van der Waals surface area contributed by atoms with Gasteiger partial charge in [0.15, 0.2) is 0 Å². The van der Waals surface area contributed by atoms with Crippen LogP contribution in [-0.4, -0.2) is 43.0 Å². The molecule has 9 heteroatoms. The molecule has 2 heterocycles. The van der Waals surface area contributed by atoms with Crippen molar-refractivity contribution in [2.45, 2.75) is 31.3 Å². The van der Waals surface area contributed by atoms with Crippen LogP contribution in [0.5, 0.6) is 0 Å². The van der Waals surface area contributed by atoms with Crippen LogP contribution in [0, 0.1) is 0 Å². The van der Waals surface area contributed by atoms with Gasteiger partial charge < -0.3 is 10.6 Å². The number of aromatic nitrogens is 5. The maximum atomic E-state index is 12.9. The molecular formula is C18H18ClN7O. The summed E-state index contributed by atoms with van der Waals surface area (Å²) in [4.78, 5) is 22.6. The quantitative estimate of drug-likeness (QED) is 0.702. The highest BCUT2D eigenvalue weighted by Crippen LogP contribution is 2.23. The van der Waals surface area contributed by atoms with Gasteiger partial charge in [0.05, 0.1) is 36.0 Å². The number of para-hydroxylation sites is 1. The number of nitrogens with one attached hydrogen (secondary N) is 2. The van der Waals surface area contributed by atoms with E-state index < -0.39 is 0 Å². The van der Waals surface area contributed by atoms with Crippen molar-refractivity contribution in [2.75, 3.05) is 5.32 Å². The molecule has 27 heavy (non-hydrogen) atoms. The lowest BCUT2D eigenvalue weighted by atomic mass is 10.1. The predicted molar refractivity (Wildman–Crippen MR) is 101 cm³/mol. The number of rotatable bonds is 5. The van der Waals surface area contributed by atoms with Crippen molar-refractivity contribution in [1.29, 1.82) is 0 Å². The molecule has 1 amide bonds. The van der Waals surface area contributed by atoms with Gasteiger partial charge in [0.1, 0.15) is 11.0 Å². The van der Waals surface area contributed by atoms with Crippen LogP contribution < -0.4 is 10.6 Å². The second kappa shape index (κ2) is 7.71. The summed E-state index contributed by atoms with van der Waals surface area (Å²) >= 11 is 5.78. The molecule has 2 N–H and O–H groups in total. The molecule has 0 spiro atoms. The monoisotopic (exact) mass is 383 g/mol. The maximum Gasteiger partial charge on any atom is 0.253 e. The Hall–Kier alpha value is -3.00. The molecule has 2 atom stereocenters. The summed E-state index contributed by atoms with van der Waals surface area (Å²) in [5.74, 6) is 0.496. The SMILES string of the molecule is O=C(NC1CCC[C@@H]1Nc1cnc(Cl)cn1)c1ccccc1-n1nccn1. The van der Waals surface area contributed by atoms with Crippen LogP contribution in [0.4, 0.5) is 5.82 Å². The summed E-state index contributed by atoms with van der Waals surface area (Å²) in [5.41, 5.74) is 1.18. The average molecular weight is 384 g/mol. The van der Waals surface area contributed by atoms with Gasteiger partial charge in [-0.2, -0.15) is 15.0 Å². The van der Waals surface area contributed by atoms with Gasteiger partial charge >= 0.3 is 0 Å². The topological polar surface area (TPSA) is 97.6 Å². The van der Waals surface area contributed by atoms with E-state index in [1.807, 2.05) is 18.2 Å². The van der Waals surface area contributed by atoms with E-state index in [9.17, 15) is 4.79 Å². The molecule has 0 radical (unpaired) electrons. The van der Waals surface area contributed by atoms with Crippen LogP contribution >= 0.6 is 11.6 Å². The number of nitrogens with zero attached hydrogens (tertiary/aromatic N) is 5. The van der Waals surface area contributed by atoms with Gasteiger partial charge in [0, 0.05) is 12.1 Å². The normalized spacial score (nSPS) is 19.0. The first-order valence-corrected chi connectivity index (χ1v) is 9.09. The molecule has 2 aromatic heterocycles. The van der Waals surface area contributed by atoms with E-state index in [4.69, 9.17) is 11.6 Å². The van der Waals surface area contributed by atoms with Gasteiger partial charge in [-0.25, -0.2) is 9.97 Å². The summed E-state index contributed by atoms with van der Waals surface area (Å²) in [6.07, 6.45) is 9.12. The van der Waals surface area contributed by atoms with E-state index in [2.05, 4.69) is 30.8 Å². The number of amides is 1. The Morgan fingerprint density at radius 2 is 1.85 bits per heavy atom. The third-order valence-corrected chi connectivity index (χ3v) is 4.76. The highest BCUT2D eigenvalue weighted by molar-refractivity contribution is 6.29. The molecule has 138 valence electrons. The third-order valence-electron chi connectivity index (χ3n) is 4.57. The Bertz CT molecular complexity index is 914. The van der Waals surface area contributed by atoms with Crippen molar-refractivity contribution in [3.8, 4) is 5.69 Å². The molecule has 1 aliphatic carbocycles. The molecule has 0 aliphatic heterocycles. The summed E-state index contributed by atoms with van der Waals surface area (Å²) in [6.45, 7) is 0. The molecule has 4 rings (SSSR count). The van der Waals surface area contributed by atoms with E-state index >= 15 is 0 Å². The molecule has 1 saturated carbocycles. The van der Waals surface area contributed by atoms with Gasteiger partial charge in [-0.3, -0.25) is 4.79 Å². The number of benzene rings is 1. The number of carbonyl (C=O) groups excluding carboxylic acids is 1. The van der Waals surface area contributed by atoms with Crippen molar-refractivity contribution in [2.24, 2.45) is 0 Å². The lowest BCUT2D eigenvalue weighted by Crippen LogP contribution is -2.43. The lowest BCUT2D eigenvalue weighted by molar-refractivity contribution is 0.0935. The molecular weight excluding hydrogens is 366 g/mol. The summed E-state index contributed by atoms with van der Waals surface area (Å²) in [5, 5.41) is 15.1. The van der Waals surface area contributed by atoms with Gasteiger partial charge in [-0.15, -0.1) is 0 Å². The minimum atomic E-state index is -0.149. The van der Waals surface area contributed by atoms with E-state index in [1.165, 1.54) is 11.0 Å². The van der Waals surface area contributed by atoms with Crippen LogP contribution in [0.1, 0.15) is 29.6 Å². The highest BCUT2D eigenvalue weighted by atomic mass is 35.5. The fraction of sp³-hybridized carbons (Fsp3) is 0.278. The number of anilines is 1. The molecule has 1 aromatic carbocycles. The Kier molecular flexibility index (Phi) is 4.97. The Balaban J connectivity index is 1.48. The summed E-state index contributed by atoms with van der Waals surface area (Å²) < 4.78 is 0. The number of carbonyl (C=O) groups is 1. The lowest BCUT2D eigenvalue weighted by Gasteiger charge is -2.23. The standard InChI is InChI=1S/C18H18ClN7O/c19-16-10-21-17(11-20-16)24-13-5-3-6-14(13)25-18(27)12-4-1-2-7-15(12)26-22-8-9-23-26/h1-2,4,7-11,13-14H,3,5-6H2,(H,21,24)(H,25,27)/t13-,14?/m0/s1. The van der Waals surface area contributed by atoms with E-state index in [-0.39, 0.29) is 18.0 Å². The van der Waals surface area contributed by atoms with E-state index in [0.29, 0.717) is 22.2 Å². The molecule has 1 unspecified atom stereocenters. The smallest absolute Gasteiger partial charge is 0.253 e. The molecule has 8 nitrogen and oxygen atoms in total. The zero-order chi connectivity index (χ0) is 18.6. The van der Waals surface area contributed by atoms with Crippen LogP contribution in [-0.2, 0) is 0 Å². The Morgan fingerprint density at radius 1 is 1.07 bits per heavy atom. The fourth-order valence-electron chi connectivity index (χ4n) is 3.31. The van der Waals surface area contributed by atoms with Crippen LogP contribution in [0.25, 0.3) is 5.69 Å². The molecule has 0 bridgehead atoms. The third kappa shape index (κ3) is 3.90. The second-order valence-corrected chi connectivity index (χ2v) is 6.71. The van der Waals surface area contributed by atoms with Crippen LogP contribution in [0.2, 0.25) is 5.15 Å². The molecule has 3 aromatic rings. The molecule has 1 fully saturated rings. The van der Waals surface area contributed by atoms with Gasteiger partial charge in [0.2, 0.25) is 0 Å². The van der Waals surface area contributed by atoms with Gasteiger partial charge in [-0.1, -0.05) is 23.7 Å².